The second kappa shape index (κ2) is 9.64. The van der Waals surface area contributed by atoms with Crippen LogP contribution in [0.15, 0.2) is 0 Å². The monoisotopic (exact) mass is 548 g/mol. The summed E-state index contributed by atoms with van der Waals surface area (Å²) in [7, 11) is 0. The molecule has 1 rings (SSSR count). The lowest BCUT2D eigenvalue weighted by Gasteiger charge is -2.39. The minimum Gasteiger partial charge on any atom is -0.378 e. The Hall–Kier alpha value is -1.28. The summed E-state index contributed by atoms with van der Waals surface area (Å²) >= 11 is 0. The van der Waals surface area contributed by atoms with E-state index in [0.29, 0.717) is 0 Å². The third kappa shape index (κ3) is 6.10. The van der Waals surface area contributed by atoms with Crippen molar-refractivity contribution in [1.29, 1.82) is 0 Å². The third-order valence-electron chi connectivity index (χ3n) is 3.97. The largest absolute Gasteiger partial charge is 0.460 e. The zero-order valence-corrected chi connectivity index (χ0v) is 15.9. The molecule has 1 saturated heterocycles. The molecular formula is C14H12F16O4. The second-order valence-corrected chi connectivity index (χ2v) is 6.63. The minimum atomic E-state index is -7.99. The van der Waals surface area contributed by atoms with Crippen LogP contribution in [0.2, 0.25) is 0 Å². The van der Waals surface area contributed by atoms with Gasteiger partial charge in [0.25, 0.3) is 6.48 Å². The van der Waals surface area contributed by atoms with E-state index in [-0.39, 0.29) is 0 Å². The van der Waals surface area contributed by atoms with Crippen LogP contribution < -0.4 is 0 Å². The summed E-state index contributed by atoms with van der Waals surface area (Å²) in [5.41, 5.74) is 0. The normalized spacial score (nSPS) is 21.9. The van der Waals surface area contributed by atoms with E-state index in [4.69, 9.17) is 0 Å². The zero-order valence-electron chi connectivity index (χ0n) is 15.9. The first-order valence-corrected chi connectivity index (χ1v) is 8.39. The van der Waals surface area contributed by atoms with Gasteiger partial charge in [0.1, 0.15) is 12.7 Å². The predicted octanol–water partition coefficient (Wildman–Crippen LogP) is 5.41. The molecule has 0 radical (unpaired) electrons. The van der Waals surface area contributed by atoms with Crippen molar-refractivity contribution in [3.63, 3.8) is 0 Å². The van der Waals surface area contributed by atoms with Gasteiger partial charge in [0, 0.05) is 6.42 Å². The van der Waals surface area contributed by atoms with E-state index >= 15 is 0 Å². The highest BCUT2D eigenvalue weighted by Gasteiger charge is 2.90. The Morgan fingerprint density at radius 3 is 1.65 bits per heavy atom. The molecule has 34 heavy (non-hydrogen) atoms. The van der Waals surface area contributed by atoms with E-state index < -0.39 is 87.4 Å². The quantitative estimate of drug-likeness (QED) is 0.256. The molecule has 0 bridgehead atoms. The van der Waals surface area contributed by atoms with Crippen molar-refractivity contribution in [2.75, 3.05) is 26.4 Å². The fourth-order valence-corrected chi connectivity index (χ4v) is 2.13. The maximum absolute atomic E-state index is 13.5. The molecule has 0 aromatic carbocycles. The lowest BCUT2D eigenvalue weighted by molar-refractivity contribution is -0.440. The molecule has 0 N–H and O–H groups in total. The molecular weight excluding hydrogens is 536 g/mol. The van der Waals surface area contributed by atoms with Crippen molar-refractivity contribution >= 4 is 0 Å². The van der Waals surface area contributed by atoms with Gasteiger partial charge in [0.2, 0.25) is 0 Å². The van der Waals surface area contributed by atoms with Crippen molar-refractivity contribution in [1.82, 2.24) is 0 Å². The lowest BCUT2D eigenvalue weighted by Crippen LogP contribution is -2.70. The number of hydrogen-bond donors (Lipinski definition) is 0. The van der Waals surface area contributed by atoms with Crippen LogP contribution in [-0.4, -0.2) is 81.0 Å². The fourth-order valence-electron chi connectivity index (χ4n) is 2.13. The smallest absolute Gasteiger partial charge is 0.378 e. The van der Waals surface area contributed by atoms with Gasteiger partial charge in [-0.2, -0.15) is 70.2 Å². The van der Waals surface area contributed by atoms with Gasteiger partial charge in [-0.25, -0.2) is 0 Å². The molecule has 1 aliphatic rings. The molecule has 0 aromatic rings. The van der Waals surface area contributed by atoms with Gasteiger partial charge in [-0.15, -0.1) is 0 Å². The van der Waals surface area contributed by atoms with E-state index in [1.165, 1.54) is 0 Å². The molecule has 2 unspecified atom stereocenters. The Bertz CT molecular complexity index is 674. The van der Waals surface area contributed by atoms with Gasteiger partial charge >= 0.3 is 42.0 Å². The summed E-state index contributed by atoms with van der Waals surface area (Å²) in [5, 5.41) is 0. The first-order valence-electron chi connectivity index (χ1n) is 8.39. The summed E-state index contributed by atoms with van der Waals surface area (Å²) in [4.78, 5) is 0. The molecule has 20 heteroatoms. The first kappa shape index (κ1) is 30.8. The number of alkyl halides is 16. The fraction of sp³-hybridized carbons (Fsp3) is 1.00. The van der Waals surface area contributed by atoms with Crippen molar-refractivity contribution in [2.45, 2.75) is 61.0 Å². The maximum Gasteiger partial charge on any atom is 0.460 e. The molecule has 0 spiro atoms. The van der Waals surface area contributed by atoms with Gasteiger partial charge in [0.15, 0.2) is 0 Å². The summed E-state index contributed by atoms with van der Waals surface area (Å²) in [5.74, 6) is -37.4. The Morgan fingerprint density at radius 2 is 1.18 bits per heavy atom. The van der Waals surface area contributed by atoms with Crippen molar-refractivity contribution < 1.29 is 89.2 Å². The van der Waals surface area contributed by atoms with Crippen LogP contribution in [0.1, 0.15) is 6.42 Å². The predicted molar refractivity (Wildman–Crippen MR) is 72.8 cm³/mol. The molecule has 0 saturated carbocycles. The van der Waals surface area contributed by atoms with Gasteiger partial charge in [0.05, 0.1) is 19.8 Å². The van der Waals surface area contributed by atoms with Crippen molar-refractivity contribution in [3.05, 3.63) is 0 Å². The van der Waals surface area contributed by atoms with E-state index in [1.54, 1.807) is 0 Å². The Morgan fingerprint density at radius 1 is 0.676 bits per heavy atom. The number of rotatable bonds is 11. The zero-order chi connectivity index (χ0) is 27.0. The van der Waals surface area contributed by atoms with Crippen LogP contribution in [0.25, 0.3) is 0 Å². The van der Waals surface area contributed by atoms with Gasteiger partial charge in [-0.1, -0.05) is 0 Å². The Labute approximate surface area is 178 Å². The Kier molecular flexibility index (Phi) is 8.72. The molecule has 1 fully saturated rings. The third-order valence-corrected chi connectivity index (χ3v) is 3.97. The molecule has 0 amide bonds. The van der Waals surface area contributed by atoms with E-state index in [0.717, 1.165) is 0 Å². The number of halogens is 16. The summed E-state index contributed by atoms with van der Waals surface area (Å²) < 4.78 is 222. The highest BCUT2D eigenvalue weighted by atomic mass is 19.4. The second-order valence-electron chi connectivity index (χ2n) is 6.63. The molecule has 1 heterocycles. The molecule has 0 aliphatic carbocycles. The highest BCUT2D eigenvalue weighted by molar-refractivity contribution is 5.10. The van der Waals surface area contributed by atoms with Crippen LogP contribution in [0, 0.1) is 0 Å². The van der Waals surface area contributed by atoms with E-state index in [2.05, 4.69) is 18.9 Å². The topological polar surface area (TPSA) is 36.9 Å². The van der Waals surface area contributed by atoms with Gasteiger partial charge in [-0.05, 0) is 0 Å². The van der Waals surface area contributed by atoms with Crippen LogP contribution >= 0.6 is 0 Å². The van der Waals surface area contributed by atoms with Crippen LogP contribution in [0.3, 0.4) is 0 Å². The van der Waals surface area contributed by atoms with Crippen molar-refractivity contribution in [3.8, 4) is 0 Å². The van der Waals surface area contributed by atoms with E-state index in [1.807, 2.05) is 0 Å². The molecule has 4 nitrogen and oxygen atoms in total. The molecule has 1 aliphatic heterocycles. The lowest BCUT2D eigenvalue weighted by atomic mass is 9.93. The van der Waals surface area contributed by atoms with Crippen LogP contribution in [0.4, 0.5) is 70.2 Å². The van der Waals surface area contributed by atoms with Crippen LogP contribution in [0.5, 0.6) is 0 Å². The number of ether oxygens (including phenoxy) is 4. The Balaban J connectivity index is 2.74. The van der Waals surface area contributed by atoms with Gasteiger partial charge < -0.3 is 18.9 Å². The number of hydrogen-bond acceptors (Lipinski definition) is 4. The van der Waals surface area contributed by atoms with Crippen LogP contribution in [-0.2, 0) is 18.9 Å². The van der Waals surface area contributed by atoms with E-state index in [9.17, 15) is 70.2 Å². The summed E-state index contributed by atoms with van der Waals surface area (Å²) in [6.07, 6.45) is -16.2. The molecule has 0 aromatic heterocycles. The minimum absolute atomic E-state index is 0.591. The average Bonchev–Trinajstić information content (AvgIpc) is 3.09. The van der Waals surface area contributed by atoms with Crippen molar-refractivity contribution in [2.24, 2.45) is 0 Å². The SMILES string of the molecule is FC(F)(F)COC1OCC(COCCC(F)(F)C(F)(F)C(F)(F)C(F)(F)C(F)(F)C(F)(F)F)O1. The maximum atomic E-state index is 13.5. The average molecular weight is 548 g/mol. The summed E-state index contributed by atoms with van der Waals surface area (Å²) in [6.45, 7) is -6.94. The highest BCUT2D eigenvalue weighted by Crippen LogP contribution is 2.60. The standard InChI is InChI=1S/C14H12F16O4/c15-8(16,1-2-31-3-6-4-32-7(34-6)33-5-9(17,18)19)10(20,21)11(22,23)12(24,25)13(26,27)14(28,29)30/h6-7H,1-5H2. The van der Waals surface area contributed by atoms with Gasteiger partial charge in [-0.3, -0.25) is 0 Å². The molecule has 204 valence electrons. The first-order chi connectivity index (χ1) is 14.9. The summed E-state index contributed by atoms with van der Waals surface area (Å²) in [6, 6.07) is 0. The molecule has 2 atom stereocenters.